The van der Waals surface area contributed by atoms with Crippen molar-refractivity contribution in [1.82, 2.24) is 14.9 Å². The molecule has 0 bridgehead atoms. The summed E-state index contributed by atoms with van der Waals surface area (Å²) in [7, 11) is 0. The highest BCUT2D eigenvalue weighted by Gasteiger charge is 2.21. The summed E-state index contributed by atoms with van der Waals surface area (Å²) in [5, 5.41) is 12.0. The van der Waals surface area contributed by atoms with Gasteiger partial charge in [0.2, 0.25) is 5.91 Å². The fourth-order valence-electron chi connectivity index (χ4n) is 2.39. The lowest BCUT2D eigenvalue weighted by atomic mass is 10.2. The number of imidazole rings is 1. The van der Waals surface area contributed by atoms with Gasteiger partial charge in [0.25, 0.3) is 0 Å². The lowest BCUT2D eigenvalue weighted by Gasteiger charge is -2.16. The second-order valence-corrected chi connectivity index (χ2v) is 5.07. The summed E-state index contributed by atoms with van der Waals surface area (Å²) in [5.41, 5.74) is 1.91. The Morgan fingerprint density at radius 2 is 2.33 bits per heavy atom. The first-order chi connectivity index (χ1) is 10.1. The highest BCUT2D eigenvalue weighted by molar-refractivity contribution is 6.18. The fourth-order valence-corrected chi connectivity index (χ4v) is 2.56. The number of carbonyl (C=O) groups excluding carboxylic acids is 1. The number of rotatable bonds is 5. The van der Waals surface area contributed by atoms with Crippen LogP contribution < -0.4 is 5.32 Å². The predicted octanol–water partition coefficient (Wildman–Crippen LogP) is 2.39. The molecular weight excluding hydrogens is 288 g/mol. The molecule has 1 atom stereocenters. The molecule has 5 nitrogen and oxygen atoms in total. The Hall–Kier alpha value is -2.06. The Kier molecular flexibility index (Phi) is 4.81. The van der Waals surface area contributed by atoms with Crippen molar-refractivity contribution in [3.63, 3.8) is 0 Å². The van der Waals surface area contributed by atoms with E-state index in [1.165, 1.54) is 0 Å². The van der Waals surface area contributed by atoms with Gasteiger partial charge in [0.05, 0.1) is 11.1 Å². The maximum atomic E-state index is 12.1. The number of hydrogen-bond donors (Lipinski definition) is 1. The van der Waals surface area contributed by atoms with E-state index in [9.17, 15) is 10.1 Å². The van der Waals surface area contributed by atoms with E-state index in [-0.39, 0.29) is 5.91 Å². The number of halogens is 1. The number of nitriles is 1. The van der Waals surface area contributed by atoms with E-state index in [0.717, 1.165) is 11.3 Å². The lowest BCUT2D eigenvalue weighted by molar-refractivity contribution is -0.123. The van der Waals surface area contributed by atoms with E-state index in [4.69, 9.17) is 11.6 Å². The van der Waals surface area contributed by atoms with E-state index in [0.29, 0.717) is 29.9 Å². The highest BCUT2D eigenvalue weighted by Crippen LogP contribution is 2.24. The number of alkyl halides is 1. The zero-order chi connectivity index (χ0) is 15.4. The van der Waals surface area contributed by atoms with Crippen LogP contribution in [0.5, 0.6) is 0 Å². The van der Waals surface area contributed by atoms with Gasteiger partial charge in [0.1, 0.15) is 23.5 Å². The van der Waals surface area contributed by atoms with E-state index in [1.54, 1.807) is 12.1 Å². The number of likely N-dealkylation sites (N-methyl/N-ethyl adjacent to an activating group) is 1. The van der Waals surface area contributed by atoms with Crippen LogP contribution in [0.3, 0.4) is 0 Å². The normalized spacial score (nSPS) is 12.1. The molecule has 110 valence electrons. The van der Waals surface area contributed by atoms with Crippen LogP contribution in [0.15, 0.2) is 18.2 Å². The number of nitrogens with one attached hydrogen (secondary N) is 1. The molecule has 2 rings (SSSR count). The van der Waals surface area contributed by atoms with Gasteiger partial charge in [-0.3, -0.25) is 4.79 Å². The topological polar surface area (TPSA) is 70.7 Å². The largest absolute Gasteiger partial charge is 0.355 e. The third-order valence-electron chi connectivity index (χ3n) is 3.35. The minimum absolute atomic E-state index is 0.0741. The van der Waals surface area contributed by atoms with Crippen molar-refractivity contribution < 1.29 is 4.79 Å². The molecule has 6 heteroatoms. The Morgan fingerprint density at radius 1 is 1.57 bits per heavy atom. The summed E-state index contributed by atoms with van der Waals surface area (Å²) in [6, 6.07) is 7.13. The van der Waals surface area contributed by atoms with Crippen LogP contribution in [0, 0.1) is 11.3 Å². The SMILES string of the molecule is CCNC(=O)C(C)n1c(CCCl)nc2c(C#N)cccc21. The molecule has 0 saturated carbocycles. The monoisotopic (exact) mass is 304 g/mol. The third-order valence-corrected chi connectivity index (χ3v) is 3.54. The van der Waals surface area contributed by atoms with Crippen LogP contribution >= 0.6 is 11.6 Å². The van der Waals surface area contributed by atoms with E-state index in [1.807, 2.05) is 24.5 Å². The Balaban J connectivity index is 2.62. The van der Waals surface area contributed by atoms with Crippen LogP contribution in [0.1, 0.15) is 31.3 Å². The molecule has 0 spiro atoms. The van der Waals surface area contributed by atoms with Crippen molar-refractivity contribution in [2.24, 2.45) is 0 Å². The van der Waals surface area contributed by atoms with Crippen molar-refractivity contribution in [2.45, 2.75) is 26.3 Å². The van der Waals surface area contributed by atoms with Gasteiger partial charge < -0.3 is 9.88 Å². The molecule has 1 aromatic heterocycles. The second kappa shape index (κ2) is 6.59. The molecule has 0 aliphatic rings. The van der Waals surface area contributed by atoms with Gasteiger partial charge in [-0.2, -0.15) is 5.26 Å². The summed E-state index contributed by atoms with van der Waals surface area (Å²) < 4.78 is 1.86. The van der Waals surface area contributed by atoms with Gasteiger partial charge in [-0.25, -0.2) is 4.98 Å². The maximum Gasteiger partial charge on any atom is 0.242 e. The first kappa shape index (κ1) is 15.3. The number of para-hydroxylation sites is 1. The quantitative estimate of drug-likeness (QED) is 0.862. The molecule has 0 radical (unpaired) electrons. The van der Waals surface area contributed by atoms with E-state index < -0.39 is 6.04 Å². The fraction of sp³-hybridized carbons (Fsp3) is 0.400. The van der Waals surface area contributed by atoms with Crippen molar-refractivity contribution >= 4 is 28.5 Å². The molecule has 1 N–H and O–H groups in total. The van der Waals surface area contributed by atoms with E-state index in [2.05, 4.69) is 16.4 Å². The maximum absolute atomic E-state index is 12.1. The van der Waals surface area contributed by atoms with Crippen LogP contribution in [-0.4, -0.2) is 27.9 Å². The van der Waals surface area contributed by atoms with Crippen LogP contribution in [0.2, 0.25) is 0 Å². The van der Waals surface area contributed by atoms with Gasteiger partial charge in [-0.1, -0.05) is 6.07 Å². The first-order valence-electron chi connectivity index (χ1n) is 6.87. The number of carbonyl (C=O) groups is 1. The number of nitrogens with zero attached hydrogens (tertiary/aromatic N) is 3. The molecule has 0 aliphatic carbocycles. The number of amides is 1. The zero-order valence-electron chi connectivity index (χ0n) is 12.1. The standard InChI is InChI=1S/C15H17ClN4O/c1-3-18-15(21)10(2)20-12-6-4-5-11(9-17)14(12)19-13(20)7-8-16/h4-6,10H,3,7-8H2,1-2H3,(H,18,21). The van der Waals surface area contributed by atoms with Crippen molar-refractivity contribution in [3.05, 3.63) is 29.6 Å². The Labute approximate surface area is 128 Å². The first-order valence-corrected chi connectivity index (χ1v) is 7.41. The second-order valence-electron chi connectivity index (χ2n) is 4.69. The summed E-state index contributed by atoms with van der Waals surface area (Å²) in [5.74, 6) is 1.06. The summed E-state index contributed by atoms with van der Waals surface area (Å²) in [6.07, 6.45) is 0.546. The molecule has 1 heterocycles. The van der Waals surface area contributed by atoms with Crippen LogP contribution in [0.4, 0.5) is 0 Å². The van der Waals surface area contributed by atoms with Crippen LogP contribution in [-0.2, 0) is 11.2 Å². The van der Waals surface area contributed by atoms with Gasteiger partial charge >= 0.3 is 0 Å². The molecule has 1 unspecified atom stereocenters. The number of aryl methyl sites for hydroxylation is 1. The molecular formula is C15H17ClN4O. The smallest absolute Gasteiger partial charge is 0.242 e. The minimum Gasteiger partial charge on any atom is -0.355 e. The van der Waals surface area contributed by atoms with Gasteiger partial charge in [0.15, 0.2) is 0 Å². The molecule has 1 amide bonds. The summed E-state index contributed by atoms with van der Waals surface area (Å²) in [4.78, 5) is 16.7. The molecule has 2 aromatic rings. The van der Waals surface area contributed by atoms with Crippen molar-refractivity contribution in [2.75, 3.05) is 12.4 Å². The van der Waals surface area contributed by atoms with Gasteiger partial charge in [0, 0.05) is 18.8 Å². The predicted molar refractivity (Wildman–Crippen MR) is 82.3 cm³/mol. The minimum atomic E-state index is -0.401. The third kappa shape index (κ3) is 2.86. The highest BCUT2D eigenvalue weighted by atomic mass is 35.5. The average molecular weight is 305 g/mol. The average Bonchev–Trinajstić information content (AvgIpc) is 2.85. The molecule has 1 aromatic carbocycles. The number of aromatic nitrogens is 2. The summed E-state index contributed by atoms with van der Waals surface area (Å²) in [6.45, 7) is 4.27. The molecule has 21 heavy (non-hydrogen) atoms. The summed E-state index contributed by atoms with van der Waals surface area (Å²) >= 11 is 5.84. The van der Waals surface area contributed by atoms with Gasteiger partial charge in [-0.15, -0.1) is 11.6 Å². The molecule has 0 fully saturated rings. The molecule has 0 aliphatic heterocycles. The molecule has 0 saturated heterocycles. The number of hydrogen-bond acceptors (Lipinski definition) is 3. The number of fused-ring (bicyclic) bond motifs is 1. The van der Waals surface area contributed by atoms with Crippen molar-refractivity contribution in [3.8, 4) is 6.07 Å². The zero-order valence-corrected chi connectivity index (χ0v) is 12.8. The Morgan fingerprint density at radius 3 is 2.95 bits per heavy atom. The van der Waals surface area contributed by atoms with E-state index >= 15 is 0 Å². The van der Waals surface area contributed by atoms with Crippen LogP contribution in [0.25, 0.3) is 11.0 Å². The van der Waals surface area contributed by atoms with Gasteiger partial charge in [-0.05, 0) is 26.0 Å². The Bertz CT molecular complexity index is 701. The number of benzene rings is 1. The van der Waals surface area contributed by atoms with Crippen molar-refractivity contribution in [1.29, 1.82) is 5.26 Å². The lowest BCUT2D eigenvalue weighted by Crippen LogP contribution is -2.31.